The van der Waals surface area contributed by atoms with E-state index in [-0.39, 0.29) is 5.41 Å². The first kappa shape index (κ1) is 18.1. The molecule has 0 saturated carbocycles. The average molecular weight is 380 g/mol. The molecule has 28 heavy (non-hydrogen) atoms. The van der Waals surface area contributed by atoms with Gasteiger partial charge in [-0.3, -0.25) is 4.79 Å². The molecule has 0 aliphatic carbocycles. The monoisotopic (exact) mass is 380 g/mol. The van der Waals surface area contributed by atoms with Gasteiger partial charge in [0.05, 0.1) is 5.56 Å². The molecule has 1 saturated heterocycles. The van der Waals surface area contributed by atoms with E-state index in [0.29, 0.717) is 11.4 Å². The van der Waals surface area contributed by atoms with Gasteiger partial charge in [0.25, 0.3) is 5.91 Å². The quantitative estimate of drug-likeness (QED) is 0.729. The molecule has 3 aromatic rings. The first-order valence-electron chi connectivity index (χ1n) is 9.32. The molecule has 4 heterocycles. The van der Waals surface area contributed by atoms with Crippen LogP contribution < -0.4 is 15.5 Å². The number of nitrogens with zero attached hydrogens (tertiary/aromatic N) is 7. The van der Waals surface area contributed by atoms with Crippen molar-refractivity contribution in [3.8, 4) is 0 Å². The molecule has 4 rings (SSSR count). The summed E-state index contributed by atoms with van der Waals surface area (Å²) in [5, 5.41) is 13.3. The zero-order valence-electron chi connectivity index (χ0n) is 16.3. The van der Waals surface area contributed by atoms with Crippen LogP contribution in [0.4, 0.5) is 11.6 Å². The van der Waals surface area contributed by atoms with Gasteiger partial charge in [-0.05, 0) is 24.3 Å². The molecule has 1 aliphatic heterocycles. The van der Waals surface area contributed by atoms with Crippen LogP contribution >= 0.6 is 0 Å². The number of nitrogens with two attached hydrogens (primary N) is 1. The molecule has 0 aromatic carbocycles. The number of anilines is 2. The Morgan fingerprint density at radius 1 is 1.04 bits per heavy atom. The molecule has 146 valence electrons. The fourth-order valence-corrected chi connectivity index (χ4v) is 3.40. The Labute approximate surface area is 163 Å². The van der Waals surface area contributed by atoms with Crippen LogP contribution in [-0.4, -0.2) is 56.9 Å². The summed E-state index contributed by atoms with van der Waals surface area (Å²) in [5.74, 6) is 1.91. The lowest BCUT2D eigenvalue weighted by atomic mass is 9.96. The molecular formula is C19H24N8O. The Hall–Kier alpha value is -3.23. The van der Waals surface area contributed by atoms with Crippen molar-refractivity contribution in [2.45, 2.75) is 26.2 Å². The lowest BCUT2D eigenvalue weighted by Gasteiger charge is -2.36. The summed E-state index contributed by atoms with van der Waals surface area (Å²) in [6.45, 7) is 9.27. The van der Waals surface area contributed by atoms with Crippen molar-refractivity contribution in [2.75, 3.05) is 36.0 Å². The smallest absolute Gasteiger partial charge is 0.252 e. The zero-order chi connectivity index (χ0) is 19.9. The minimum Gasteiger partial charge on any atom is -0.365 e. The molecule has 1 amide bonds. The number of fused-ring (bicyclic) bond motifs is 1. The fraction of sp³-hybridized carbons (Fsp3) is 0.421. The van der Waals surface area contributed by atoms with Crippen molar-refractivity contribution in [1.82, 2.24) is 24.8 Å². The van der Waals surface area contributed by atoms with Gasteiger partial charge in [0.2, 0.25) is 0 Å². The predicted molar refractivity (Wildman–Crippen MR) is 107 cm³/mol. The van der Waals surface area contributed by atoms with Gasteiger partial charge >= 0.3 is 0 Å². The van der Waals surface area contributed by atoms with Gasteiger partial charge < -0.3 is 15.5 Å². The van der Waals surface area contributed by atoms with Crippen molar-refractivity contribution in [2.24, 2.45) is 5.73 Å². The number of amides is 1. The van der Waals surface area contributed by atoms with E-state index in [1.54, 1.807) is 18.3 Å². The molecule has 2 N–H and O–H groups in total. The summed E-state index contributed by atoms with van der Waals surface area (Å²) >= 11 is 0. The van der Waals surface area contributed by atoms with Gasteiger partial charge in [0.15, 0.2) is 11.5 Å². The second-order valence-corrected chi connectivity index (χ2v) is 7.95. The topological polar surface area (TPSA) is 106 Å². The van der Waals surface area contributed by atoms with Gasteiger partial charge in [-0.1, -0.05) is 20.8 Å². The fourth-order valence-electron chi connectivity index (χ4n) is 3.40. The summed E-state index contributed by atoms with van der Waals surface area (Å²) < 4.78 is 1.83. The second kappa shape index (κ2) is 6.74. The van der Waals surface area contributed by atoms with Crippen LogP contribution in [0.15, 0.2) is 30.5 Å². The van der Waals surface area contributed by atoms with Crippen molar-refractivity contribution in [1.29, 1.82) is 0 Å². The number of carbonyl (C=O) groups excluding carboxylic acids is 1. The van der Waals surface area contributed by atoms with Crippen LogP contribution in [0.25, 0.3) is 5.65 Å². The van der Waals surface area contributed by atoms with E-state index in [9.17, 15) is 4.79 Å². The van der Waals surface area contributed by atoms with Crippen LogP contribution in [0, 0.1) is 0 Å². The SMILES string of the molecule is CC(C)(C)c1nnc2ccc(N3CCN(c4ncccc4C(N)=O)CC3)nn12. The zero-order valence-corrected chi connectivity index (χ0v) is 16.3. The molecule has 1 fully saturated rings. The molecule has 0 bridgehead atoms. The summed E-state index contributed by atoms with van der Waals surface area (Å²) in [4.78, 5) is 20.4. The number of pyridine rings is 1. The summed E-state index contributed by atoms with van der Waals surface area (Å²) in [6, 6.07) is 7.36. The maximum absolute atomic E-state index is 11.7. The van der Waals surface area contributed by atoms with Crippen molar-refractivity contribution >= 4 is 23.2 Å². The number of hydrogen-bond acceptors (Lipinski definition) is 7. The van der Waals surface area contributed by atoms with Crippen molar-refractivity contribution < 1.29 is 4.79 Å². The van der Waals surface area contributed by atoms with E-state index in [1.807, 2.05) is 16.6 Å². The highest BCUT2D eigenvalue weighted by Crippen LogP contribution is 2.23. The highest BCUT2D eigenvalue weighted by Gasteiger charge is 2.25. The molecule has 0 radical (unpaired) electrons. The number of piperazine rings is 1. The Morgan fingerprint density at radius 2 is 1.75 bits per heavy atom. The molecular weight excluding hydrogens is 356 g/mol. The maximum Gasteiger partial charge on any atom is 0.252 e. The molecule has 1 aliphatic rings. The lowest BCUT2D eigenvalue weighted by molar-refractivity contribution is 0.100. The Morgan fingerprint density at radius 3 is 2.43 bits per heavy atom. The Kier molecular flexibility index (Phi) is 4.37. The third-order valence-electron chi connectivity index (χ3n) is 4.87. The van der Waals surface area contributed by atoms with Gasteiger partial charge in [-0.2, -0.15) is 4.52 Å². The molecule has 9 heteroatoms. The molecule has 9 nitrogen and oxygen atoms in total. The van der Waals surface area contributed by atoms with Crippen molar-refractivity contribution in [3.05, 3.63) is 41.9 Å². The van der Waals surface area contributed by atoms with Gasteiger partial charge in [-0.25, -0.2) is 4.98 Å². The third kappa shape index (κ3) is 3.23. The summed E-state index contributed by atoms with van der Waals surface area (Å²) in [5.41, 5.74) is 6.54. The van der Waals surface area contributed by atoms with Crippen LogP contribution in [0.1, 0.15) is 37.0 Å². The van der Waals surface area contributed by atoms with E-state index in [2.05, 4.69) is 45.8 Å². The minimum absolute atomic E-state index is 0.145. The molecule has 0 unspecified atom stereocenters. The van der Waals surface area contributed by atoms with E-state index in [0.717, 1.165) is 43.5 Å². The standard InChI is InChI=1S/C19H24N8O/c1-19(2,3)18-23-22-14-6-7-15(24-27(14)18)25-9-11-26(12-10-25)17-13(16(20)28)5-4-8-21-17/h4-8H,9-12H2,1-3H3,(H2,20,28). The van der Waals surface area contributed by atoms with Crippen LogP contribution in [0.2, 0.25) is 0 Å². The first-order chi connectivity index (χ1) is 13.3. The van der Waals surface area contributed by atoms with Crippen LogP contribution in [-0.2, 0) is 5.41 Å². The molecule has 3 aromatic heterocycles. The lowest BCUT2D eigenvalue weighted by Crippen LogP contribution is -2.47. The van der Waals surface area contributed by atoms with Crippen molar-refractivity contribution in [3.63, 3.8) is 0 Å². The van der Waals surface area contributed by atoms with E-state index < -0.39 is 5.91 Å². The van der Waals surface area contributed by atoms with Gasteiger partial charge in [0.1, 0.15) is 11.6 Å². The van der Waals surface area contributed by atoms with E-state index in [4.69, 9.17) is 10.8 Å². The molecule has 0 atom stereocenters. The molecule has 0 spiro atoms. The Bertz CT molecular complexity index is 1010. The average Bonchev–Trinajstić information content (AvgIpc) is 3.12. The number of hydrogen-bond donors (Lipinski definition) is 1. The van der Waals surface area contributed by atoms with E-state index >= 15 is 0 Å². The third-order valence-corrected chi connectivity index (χ3v) is 4.87. The number of aromatic nitrogens is 5. The van der Waals surface area contributed by atoms with Gasteiger partial charge in [-0.15, -0.1) is 15.3 Å². The van der Waals surface area contributed by atoms with Crippen LogP contribution in [0.3, 0.4) is 0 Å². The highest BCUT2D eigenvalue weighted by molar-refractivity contribution is 5.97. The maximum atomic E-state index is 11.7. The van der Waals surface area contributed by atoms with E-state index in [1.165, 1.54) is 0 Å². The normalized spacial score (nSPS) is 15.2. The largest absolute Gasteiger partial charge is 0.365 e. The summed E-state index contributed by atoms with van der Waals surface area (Å²) in [6.07, 6.45) is 1.68. The first-order valence-corrected chi connectivity index (χ1v) is 9.32. The number of carbonyl (C=O) groups is 1. The minimum atomic E-state index is -0.458. The Balaban J connectivity index is 1.55. The highest BCUT2D eigenvalue weighted by atomic mass is 16.1. The summed E-state index contributed by atoms with van der Waals surface area (Å²) in [7, 11) is 0. The second-order valence-electron chi connectivity index (χ2n) is 7.95. The number of primary amides is 1. The van der Waals surface area contributed by atoms with Gasteiger partial charge in [0, 0.05) is 37.8 Å². The van der Waals surface area contributed by atoms with Crippen LogP contribution in [0.5, 0.6) is 0 Å². The number of rotatable bonds is 3. The predicted octanol–water partition coefficient (Wildman–Crippen LogP) is 1.24.